The number of H-pyrrole nitrogens is 3. The number of nitrogens with one attached hydrogen (secondary N) is 6. The van der Waals surface area contributed by atoms with Crippen molar-refractivity contribution < 1.29 is 0 Å². The van der Waals surface area contributed by atoms with Gasteiger partial charge in [0.1, 0.15) is 5.82 Å². The normalized spacial score (nSPS) is 16.1. The maximum absolute atomic E-state index is 4.53. The number of imidazole rings is 2. The van der Waals surface area contributed by atoms with E-state index in [1.807, 2.05) is 67.3 Å². The van der Waals surface area contributed by atoms with Crippen LogP contribution in [0.3, 0.4) is 0 Å². The van der Waals surface area contributed by atoms with E-state index in [0.29, 0.717) is 35.0 Å². The van der Waals surface area contributed by atoms with E-state index in [1.54, 1.807) is 0 Å². The van der Waals surface area contributed by atoms with E-state index in [1.165, 1.54) is 114 Å². The van der Waals surface area contributed by atoms with Gasteiger partial charge in [0.2, 0.25) is 0 Å². The molecule has 5 aliphatic rings. The first-order valence-electron chi connectivity index (χ1n) is 44.2. The van der Waals surface area contributed by atoms with Gasteiger partial charge in [-0.05, 0) is 222 Å². The topological polar surface area (TPSA) is 150 Å². The molecule has 0 bridgehead atoms. The third-order valence-corrected chi connectivity index (χ3v) is 23.5. The van der Waals surface area contributed by atoms with Crippen molar-refractivity contribution in [3.8, 4) is 0 Å². The summed E-state index contributed by atoms with van der Waals surface area (Å²) in [6.07, 6.45) is 13.7. The van der Waals surface area contributed by atoms with Gasteiger partial charge in [0.05, 0.1) is 40.8 Å². The number of rotatable bonds is 2. The molecule has 18 rings (SSSR count). The van der Waals surface area contributed by atoms with E-state index in [2.05, 4.69) is 401 Å². The number of aromatic nitrogens is 8. The largest absolute Gasteiger partial charge is 0.382 e. The second-order valence-corrected chi connectivity index (χ2v) is 40.9. The van der Waals surface area contributed by atoms with Crippen molar-refractivity contribution in [1.82, 2.24) is 59.5 Å². The molecular weight excluding hydrogens is 1470 g/mol. The molecular formula is C106H146N14. The molecule has 2 unspecified atom stereocenters. The van der Waals surface area contributed by atoms with Gasteiger partial charge in [0, 0.05) is 150 Å². The predicted molar refractivity (Wildman–Crippen MR) is 513 cm³/mol. The van der Waals surface area contributed by atoms with Gasteiger partial charge in [0.25, 0.3) is 0 Å². The smallest absolute Gasteiger partial charge is 0.112 e. The van der Waals surface area contributed by atoms with Crippen molar-refractivity contribution in [3.05, 3.63) is 287 Å². The number of benzene rings is 7. The zero-order valence-corrected chi connectivity index (χ0v) is 77.7. The lowest BCUT2D eigenvalue weighted by Gasteiger charge is -2.38. The van der Waals surface area contributed by atoms with E-state index >= 15 is 0 Å². The van der Waals surface area contributed by atoms with Crippen LogP contribution in [-0.4, -0.2) is 104 Å². The van der Waals surface area contributed by atoms with Crippen LogP contribution in [0.1, 0.15) is 241 Å². The van der Waals surface area contributed by atoms with Crippen LogP contribution in [0.5, 0.6) is 0 Å². The molecule has 0 saturated heterocycles. The van der Waals surface area contributed by atoms with Crippen LogP contribution in [0, 0.1) is 10.8 Å². The molecule has 14 heteroatoms. The molecule has 6 aromatic heterocycles. The quantitative estimate of drug-likeness (QED) is 0.0988. The zero-order valence-electron chi connectivity index (χ0n) is 77.7. The molecule has 0 radical (unpaired) electrons. The van der Waals surface area contributed by atoms with Crippen molar-refractivity contribution >= 4 is 55.2 Å². The molecule has 0 saturated carbocycles. The Hall–Kier alpha value is -9.70. The van der Waals surface area contributed by atoms with Gasteiger partial charge in [-0.25, -0.2) is 9.97 Å². The fourth-order valence-electron chi connectivity index (χ4n) is 15.5. The Labute approximate surface area is 721 Å². The molecule has 2 atom stereocenters. The Morgan fingerprint density at radius 3 is 1.61 bits per heavy atom. The van der Waals surface area contributed by atoms with E-state index < -0.39 is 0 Å². The summed E-state index contributed by atoms with van der Waals surface area (Å²) < 4.78 is 2.20. The number of para-hydroxylation sites is 8. The van der Waals surface area contributed by atoms with Gasteiger partial charge in [0.15, 0.2) is 0 Å². The van der Waals surface area contributed by atoms with Gasteiger partial charge in [-0.2, -0.15) is 0 Å². The van der Waals surface area contributed by atoms with Crippen molar-refractivity contribution in [3.63, 3.8) is 0 Å². The minimum Gasteiger partial charge on any atom is -0.382 e. The number of aryl methyl sites for hydroxylation is 1. The standard InChI is InChI=1S/2C13H19N.C12H18N2.2C12H15N.2C11H14N2.2C11H16N2/c1-13(2,3)12-8-10-6-4-5-7-11(10)9-14-12;1-13(2,3)12-9-8-10-6-4-5-7-11(10)14-12;1-12(2,3)14-8-6-10-5-4-7-13-11(10)9-14;1-12(2,3)10-8-13-11-7-5-4-6-9(10)11;1-12(2,3)11-8-9-6-4-5-7-10(9)13-11;1-11(2,3)13-8-12-9-6-4-5-7-10(9)13;1-11(2,3)10-12-8-6-4-5-7-9(8)13-10;1-9(2)13-7-5-11-10(8-13)4-3-6-12-11;1-9(2)13-7-10-5-3-4-6-11(10)12-8-13/h2*4-7,12,14H,8-9H2,1-3H3;4-5,7H,6,8-9H2,1-3H3;2*4-8,13H,1-3H3;4-8H,1-3H3;4-7H,1-3H3,(H,12,13);3-4,6,9H,5,7-8H2,1-2H3;3-6,9,12H,7-8H2,1-2H3. The first-order chi connectivity index (χ1) is 56.6. The average Bonchev–Trinajstić information content (AvgIpc) is 1.61. The summed E-state index contributed by atoms with van der Waals surface area (Å²) in [5.74, 6) is 1.05. The lowest BCUT2D eigenvalue weighted by molar-refractivity contribution is 0.118. The monoisotopic (exact) mass is 1620 g/mol. The van der Waals surface area contributed by atoms with Crippen LogP contribution in [0.25, 0.3) is 43.9 Å². The molecule has 0 aliphatic carbocycles. The first kappa shape index (κ1) is 92.6. The minimum atomic E-state index is 0.0962. The Morgan fingerprint density at radius 1 is 0.425 bits per heavy atom. The van der Waals surface area contributed by atoms with Crippen LogP contribution in [0.2, 0.25) is 0 Å². The molecule has 0 fully saturated rings. The third-order valence-electron chi connectivity index (χ3n) is 23.5. The van der Waals surface area contributed by atoms with Gasteiger partial charge >= 0.3 is 0 Å². The number of fused-ring (bicyclic) bond motifs is 9. The van der Waals surface area contributed by atoms with E-state index in [-0.39, 0.29) is 27.3 Å². The first-order valence-corrected chi connectivity index (χ1v) is 44.2. The zero-order chi connectivity index (χ0) is 87.0. The fraction of sp³-hybridized carbons (Fsp3) is 0.453. The summed E-state index contributed by atoms with van der Waals surface area (Å²) in [5, 5.41) is 13.3. The second kappa shape index (κ2) is 40.3. The van der Waals surface area contributed by atoms with Crippen molar-refractivity contribution in [2.24, 2.45) is 10.8 Å². The Kier molecular flexibility index (Phi) is 31.1. The van der Waals surface area contributed by atoms with Crippen LogP contribution < -0.4 is 16.0 Å². The number of hydrogen-bond donors (Lipinski definition) is 6. The SMILES string of the molecule is CC(C)(C)C1CCc2ccccc2N1.CC(C)(C)C1Cc2ccccc2CN1.CC(C)(C)N1CCc2cccnc2C1.CC(C)(C)c1c[nH]c2ccccc12.CC(C)(C)c1cc2ccccc2[nH]1.CC(C)(C)c1nc2ccccc2[nH]1.CC(C)(C)n1cnc2ccccc21.CC(C)N1CCc2ncccc2C1.CC(C)N1CNc2ccccc2C1. The Morgan fingerprint density at radius 2 is 0.983 bits per heavy atom. The molecule has 6 N–H and O–H groups in total. The van der Waals surface area contributed by atoms with Crippen molar-refractivity contribution in [2.45, 2.75) is 283 Å². The van der Waals surface area contributed by atoms with E-state index in [0.717, 1.165) is 81.2 Å². The number of nitrogens with zero attached hydrogens (tertiary/aromatic N) is 8. The molecule has 11 heterocycles. The predicted octanol–water partition coefficient (Wildman–Crippen LogP) is 25.2. The lowest BCUT2D eigenvalue weighted by Crippen LogP contribution is -2.44. The summed E-state index contributed by atoms with van der Waals surface area (Å²) in [6.45, 7) is 63.4. The summed E-state index contributed by atoms with van der Waals surface area (Å²) in [5.41, 5.74) is 25.0. The van der Waals surface area contributed by atoms with Crippen molar-refractivity contribution in [1.29, 1.82) is 0 Å². The highest BCUT2D eigenvalue weighted by Gasteiger charge is 2.31. The number of hydrogen-bond acceptors (Lipinski definition) is 10. The molecule has 13 aromatic rings. The fourth-order valence-corrected chi connectivity index (χ4v) is 15.5. The number of anilines is 2. The molecule has 7 aromatic carbocycles. The number of aromatic amines is 3. The van der Waals surface area contributed by atoms with Crippen LogP contribution in [0.15, 0.2) is 225 Å². The highest BCUT2D eigenvalue weighted by atomic mass is 15.3. The number of pyridine rings is 2. The van der Waals surface area contributed by atoms with E-state index in [4.69, 9.17) is 0 Å². The minimum absolute atomic E-state index is 0.0962. The molecule has 640 valence electrons. The summed E-state index contributed by atoms with van der Waals surface area (Å²) in [6, 6.07) is 72.2. The van der Waals surface area contributed by atoms with Crippen molar-refractivity contribution in [2.75, 3.05) is 30.4 Å². The maximum Gasteiger partial charge on any atom is 0.112 e. The summed E-state index contributed by atoms with van der Waals surface area (Å²) in [7, 11) is 0. The molecule has 120 heavy (non-hydrogen) atoms. The Balaban J connectivity index is 0.000000142. The van der Waals surface area contributed by atoms with Crippen LogP contribution in [0.4, 0.5) is 11.4 Å². The van der Waals surface area contributed by atoms with E-state index in [9.17, 15) is 0 Å². The molecule has 5 aliphatic heterocycles. The second-order valence-electron chi connectivity index (χ2n) is 40.9. The lowest BCUT2D eigenvalue weighted by atomic mass is 9.80. The molecule has 0 amide bonds. The van der Waals surface area contributed by atoms with Gasteiger partial charge in [-0.1, -0.05) is 237 Å². The third kappa shape index (κ3) is 26.2. The highest BCUT2D eigenvalue weighted by molar-refractivity contribution is 5.84. The van der Waals surface area contributed by atoms with Crippen LogP contribution in [-0.2, 0) is 73.6 Å². The Bertz CT molecular complexity index is 4850. The van der Waals surface area contributed by atoms with Gasteiger partial charge < -0.3 is 35.5 Å². The van der Waals surface area contributed by atoms with Crippen LogP contribution >= 0.6 is 0 Å². The highest BCUT2D eigenvalue weighted by Crippen LogP contribution is 2.35. The average molecular weight is 1620 g/mol. The summed E-state index contributed by atoms with van der Waals surface area (Å²) in [4.78, 5) is 35.2. The van der Waals surface area contributed by atoms with Gasteiger partial charge in [-0.3, -0.25) is 24.7 Å². The molecule has 0 spiro atoms. The maximum atomic E-state index is 4.53. The molecule has 14 nitrogen and oxygen atoms in total. The summed E-state index contributed by atoms with van der Waals surface area (Å²) >= 11 is 0. The van der Waals surface area contributed by atoms with Gasteiger partial charge in [-0.15, -0.1) is 0 Å².